The first-order valence-corrected chi connectivity index (χ1v) is 14.2. The molecule has 0 saturated carbocycles. The van der Waals surface area contributed by atoms with Crippen LogP contribution in [0, 0.1) is 13.8 Å². The minimum absolute atomic E-state index is 0.149. The average molecular weight is 570 g/mol. The van der Waals surface area contributed by atoms with E-state index in [9.17, 15) is 13.2 Å². The van der Waals surface area contributed by atoms with Gasteiger partial charge in [-0.15, -0.1) is 0 Å². The van der Waals surface area contributed by atoms with Crippen molar-refractivity contribution < 1.29 is 13.2 Å². The van der Waals surface area contributed by atoms with Crippen molar-refractivity contribution in [3.05, 3.63) is 117 Å². The van der Waals surface area contributed by atoms with Crippen LogP contribution in [-0.2, 0) is 16.6 Å². The van der Waals surface area contributed by atoms with Crippen molar-refractivity contribution >= 4 is 51.0 Å². The number of anilines is 1. The van der Waals surface area contributed by atoms with Crippen LogP contribution in [0.4, 0.5) is 5.69 Å². The molecule has 1 aromatic heterocycles. The lowest BCUT2D eigenvalue weighted by atomic mass is 10.1. The molecule has 0 radical (unpaired) electrons. The maximum absolute atomic E-state index is 12.6. The lowest BCUT2D eigenvalue weighted by molar-refractivity contribution is 0.0955. The second-order valence-electron chi connectivity index (χ2n) is 8.79. The van der Waals surface area contributed by atoms with E-state index in [1.54, 1.807) is 60.8 Å². The number of amides is 1. The standard InChI is InChI=1S/C28H26Cl2N4O3S/c1-19-13-23(20(2)34(19)27-15-24(29)14-25(30)16-27)17-31-32-28(35)22-11-9-21(10-12-22)18-33(38(3,36)37)26-7-5-4-6-8-26/h4-17H,18H2,1-3H3,(H,32,35)/b31-17-. The summed E-state index contributed by atoms with van der Waals surface area (Å²) in [5.41, 5.74) is 7.80. The third-order valence-corrected chi connectivity index (χ3v) is 7.51. The van der Waals surface area contributed by atoms with Crippen LogP contribution in [-0.4, -0.2) is 31.4 Å². The third kappa shape index (κ3) is 6.45. The Labute approximate surface area is 232 Å². The van der Waals surface area contributed by atoms with Gasteiger partial charge in [-0.25, -0.2) is 13.8 Å². The number of hydrogen-bond donors (Lipinski definition) is 1. The van der Waals surface area contributed by atoms with Gasteiger partial charge in [-0.05, 0) is 67.9 Å². The summed E-state index contributed by atoms with van der Waals surface area (Å²) in [4.78, 5) is 12.6. The van der Waals surface area contributed by atoms with Crippen LogP contribution in [0.1, 0.15) is 32.9 Å². The number of benzene rings is 3. The summed E-state index contributed by atoms with van der Waals surface area (Å²) in [6.45, 7) is 4.05. The highest BCUT2D eigenvalue weighted by atomic mass is 35.5. The fourth-order valence-electron chi connectivity index (χ4n) is 4.13. The van der Waals surface area contributed by atoms with Crippen LogP contribution < -0.4 is 9.73 Å². The zero-order chi connectivity index (χ0) is 27.4. The Morgan fingerprint density at radius 1 is 0.974 bits per heavy atom. The molecule has 0 aliphatic rings. The Hall–Kier alpha value is -3.59. The zero-order valence-corrected chi connectivity index (χ0v) is 23.3. The van der Waals surface area contributed by atoms with Gasteiger partial charge in [0.25, 0.3) is 5.91 Å². The molecule has 4 aromatic rings. The van der Waals surface area contributed by atoms with Gasteiger partial charge in [0.2, 0.25) is 10.0 Å². The third-order valence-electron chi connectivity index (χ3n) is 5.93. The van der Waals surface area contributed by atoms with E-state index in [0.717, 1.165) is 28.2 Å². The van der Waals surface area contributed by atoms with Crippen LogP contribution in [0.15, 0.2) is 84.0 Å². The molecule has 0 atom stereocenters. The van der Waals surface area contributed by atoms with Crippen molar-refractivity contribution in [2.24, 2.45) is 5.10 Å². The first kappa shape index (κ1) is 27.4. The van der Waals surface area contributed by atoms with Crippen molar-refractivity contribution in [1.29, 1.82) is 0 Å². The lowest BCUT2D eigenvalue weighted by Crippen LogP contribution is -2.29. The molecule has 196 valence electrons. The molecular formula is C28H26Cl2N4O3S. The molecule has 0 unspecified atom stereocenters. The molecule has 1 heterocycles. The number of nitrogens with zero attached hydrogens (tertiary/aromatic N) is 3. The van der Waals surface area contributed by atoms with Gasteiger partial charge in [0, 0.05) is 38.2 Å². The average Bonchev–Trinajstić information content (AvgIpc) is 3.14. The summed E-state index contributed by atoms with van der Waals surface area (Å²) in [6, 6.07) is 22.9. The van der Waals surface area contributed by atoms with Crippen LogP contribution in [0.2, 0.25) is 10.0 Å². The molecular weight excluding hydrogens is 543 g/mol. The molecule has 0 spiro atoms. The number of rotatable bonds is 8. The Morgan fingerprint density at radius 2 is 1.61 bits per heavy atom. The minimum Gasteiger partial charge on any atom is -0.318 e. The number of hydrazone groups is 1. The van der Waals surface area contributed by atoms with Gasteiger partial charge >= 0.3 is 0 Å². The first-order valence-electron chi connectivity index (χ1n) is 11.6. The molecule has 38 heavy (non-hydrogen) atoms. The van der Waals surface area contributed by atoms with E-state index in [1.165, 1.54) is 10.6 Å². The molecule has 10 heteroatoms. The van der Waals surface area contributed by atoms with Gasteiger partial charge < -0.3 is 4.57 Å². The van der Waals surface area contributed by atoms with Crippen LogP contribution >= 0.6 is 23.2 Å². The van der Waals surface area contributed by atoms with Gasteiger partial charge in [0.15, 0.2) is 0 Å². The molecule has 1 amide bonds. The Balaban J connectivity index is 1.44. The van der Waals surface area contributed by atoms with E-state index in [2.05, 4.69) is 10.5 Å². The first-order chi connectivity index (χ1) is 18.0. The summed E-state index contributed by atoms with van der Waals surface area (Å²) < 4.78 is 28.0. The molecule has 3 aromatic carbocycles. The van der Waals surface area contributed by atoms with Crippen LogP contribution in [0.3, 0.4) is 0 Å². The summed E-state index contributed by atoms with van der Waals surface area (Å²) in [5, 5.41) is 5.21. The quantitative estimate of drug-likeness (QED) is 0.205. The number of carbonyl (C=O) groups is 1. The monoisotopic (exact) mass is 568 g/mol. The second kappa shape index (κ2) is 11.4. The fraction of sp³-hybridized carbons (Fsp3) is 0.143. The number of carbonyl (C=O) groups excluding carboxylic acids is 1. The number of sulfonamides is 1. The smallest absolute Gasteiger partial charge is 0.271 e. The second-order valence-corrected chi connectivity index (χ2v) is 11.6. The largest absolute Gasteiger partial charge is 0.318 e. The van der Waals surface area contributed by atoms with Gasteiger partial charge in [-0.3, -0.25) is 9.10 Å². The Kier molecular flexibility index (Phi) is 8.26. The SMILES string of the molecule is Cc1cc(/C=N\NC(=O)c2ccc(CN(c3ccccc3)S(C)(=O)=O)cc2)c(C)n1-c1cc(Cl)cc(Cl)c1. The maximum atomic E-state index is 12.6. The summed E-state index contributed by atoms with van der Waals surface area (Å²) in [6.07, 6.45) is 2.75. The van der Waals surface area contributed by atoms with Crippen LogP contribution in [0.5, 0.6) is 0 Å². The van der Waals surface area contributed by atoms with E-state index >= 15 is 0 Å². The number of nitrogens with one attached hydrogen (secondary N) is 1. The summed E-state index contributed by atoms with van der Waals surface area (Å²) in [5.74, 6) is -0.383. The fourth-order valence-corrected chi connectivity index (χ4v) is 5.53. The number of para-hydroxylation sites is 1. The number of hydrogen-bond acceptors (Lipinski definition) is 4. The Bertz CT molecular complexity index is 1580. The highest BCUT2D eigenvalue weighted by molar-refractivity contribution is 7.92. The van der Waals surface area contributed by atoms with Crippen molar-refractivity contribution in [3.63, 3.8) is 0 Å². The number of aromatic nitrogens is 1. The van der Waals surface area contributed by atoms with E-state index in [-0.39, 0.29) is 12.5 Å². The molecule has 7 nitrogen and oxygen atoms in total. The van der Waals surface area contributed by atoms with Crippen molar-refractivity contribution in [2.75, 3.05) is 10.6 Å². The van der Waals surface area contributed by atoms with Crippen molar-refractivity contribution in [3.8, 4) is 5.69 Å². The molecule has 0 bridgehead atoms. The highest BCUT2D eigenvalue weighted by Crippen LogP contribution is 2.26. The normalized spacial score (nSPS) is 11.6. The summed E-state index contributed by atoms with van der Waals surface area (Å²) in [7, 11) is -3.49. The van der Waals surface area contributed by atoms with E-state index < -0.39 is 10.0 Å². The van der Waals surface area contributed by atoms with Gasteiger partial charge in [-0.2, -0.15) is 5.10 Å². The number of aryl methyl sites for hydroxylation is 1. The van der Waals surface area contributed by atoms with E-state index in [0.29, 0.717) is 21.3 Å². The zero-order valence-electron chi connectivity index (χ0n) is 21.0. The molecule has 0 saturated heterocycles. The molecule has 0 fully saturated rings. The molecule has 1 N–H and O–H groups in total. The predicted molar refractivity (Wildman–Crippen MR) is 154 cm³/mol. The molecule has 0 aliphatic carbocycles. The van der Waals surface area contributed by atoms with E-state index in [1.807, 2.05) is 42.7 Å². The summed E-state index contributed by atoms with van der Waals surface area (Å²) >= 11 is 12.3. The van der Waals surface area contributed by atoms with E-state index in [4.69, 9.17) is 23.2 Å². The van der Waals surface area contributed by atoms with Crippen LogP contribution in [0.25, 0.3) is 5.69 Å². The van der Waals surface area contributed by atoms with Crippen molar-refractivity contribution in [1.82, 2.24) is 9.99 Å². The number of halogens is 2. The molecule has 4 rings (SSSR count). The van der Waals surface area contributed by atoms with Gasteiger partial charge in [0.1, 0.15) is 0 Å². The highest BCUT2D eigenvalue weighted by Gasteiger charge is 2.18. The topological polar surface area (TPSA) is 83.8 Å². The van der Waals surface area contributed by atoms with Gasteiger partial charge in [-0.1, -0.05) is 53.5 Å². The molecule has 0 aliphatic heterocycles. The minimum atomic E-state index is -3.49. The predicted octanol–water partition coefficient (Wildman–Crippen LogP) is 6.13. The van der Waals surface area contributed by atoms with Crippen molar-refractivity contribution in [2.45, 2.75) is 20.4 Å². The van der Waals surface area contributed by atoms with Gasteiger partial charge in [0.05, 0.1) is 24.7 Å². The Morgan fingerprint density at radius 3 is 2.21 bits per heavy atom. The lowest BCUT2D eigenvalue weighted by Gasteiger charge is -2.22. The maximum Gasteiger partial charge on any atom is 0.271 e.